The number of aliphatic hydroxyl groups excluding tert-OH is 2. The first-order valence-electron chi connectivity index (χ1n) is 3.93. The van der Waals surface area contributed by atoms with Crippen molar-refractivity contribution in [2.75, 3.05) is 13.2 Å². The minimum atomic E-state index is -1.33. The summed E-state index contributed by atoms with van der Waals surface area (Å²) in [5, 5.41) is 24.1. The summed E-state index contributed by atoms with van der Waals surface area (Å²) in [5.41, 5.74) is 4.03. The molecule has 0 bridgehead atoms. The second kappa shape index (κ2) is 11.2. The molecule has 0 aromatic heterocycles. The molecule has 0 heterocycles. The Balaban J connectivity index is 0. The van der Waals surface area contributed by atoms with Gasteiger partial charge in [-0.15, -0.1) is 0 Å². The van der Waals surface area contributed by atoms with Gasteiger partial charge < -0.3 is 25.8 Å². The third-order valence-electron chi connectivity index (χ3n) is 0.964. The van der Waals surface area contributed by atoms with Crippen LogP contribution in [-0.4, -0.2) is 40.9 Å². The number of hydrogen-bond donors (Lipinski definition) is 4. The summed E-state index contributed by atoms with van der Waals surface area (Å²) in [6, 6.07) is 0. The average Bonchev–Trinajstić information content (AvgIpc) is 2.03. The van der Waals surface area contributed by atoms with Crippen LogP contribution in [0.15, 0.2) is 0 Å². The van der Waals surface area contributed by atoms with Crippen LogP contribution >= 0.6 is 0 Å². The Hall–Kier alpha value is -0.850. The van der Waals surface area contributed by atoms with Crippen molar-refractivity contribution < 1.29 is 24.9 Å². The maximum Gasteiger partial charge on any atom is 0.402 e. The zero-order chi connectivity index (χ0) is 10.7. The topological polar surface area (TPSA) is 113 Å². The molecular weight excluding hydrogens is 178 g/mol. The van der Waals surface area contributed by atoms with Crippen molar-refractivity contribution in [2.24, 2.45) is 5.73 Å². The van der Waals surface area contributed by atoms with E-state index in [1.54, 1.807) is 0 Å². The van der Waals surface area contributed by atoms with Gasteiger partial charge in [-0.2, -0.15) is 0 Å². The van der Waals surface area contributed by atoms with Crippen molar-refractivity contribution in [3.05, 3.63) is 0 Å². The molecule has 0 aromatic carbocycles. The summed E-state index contributed by atoms with van der Waals surface area (Å²) in [6.07, 6.45) is -0.355. The van der Waals surface area contributed by atoms with Crippen molar-refractivity contribution in [2.45, 2.75) is 26.1 Å². The van der Waals surface area contributed by atoms with Crippen LogP contribution in [0, 0.1) is 0 Å². The monoisotopic (exact) mass is 195 g/mol. The normalized spacial score (nSPS) is 11.3. The van der Waals surface area contributed by atoms with Crippen molar-refractivity contribution in [3.63, 3.8) is 0 Å². The van der Waals surface area contributed by atoms with E-state index in [-0.39, 0.29) is 6.61 Å². The number of ether oxygens (including phenoxy) is 1. The maximum absolute atomic E-state index is 8.78. The number of nitrogens with two attached hydrogens (primary N) is 1. The molecule has 1 amide bonds. The number of carboxylic acid groups (broad SMARTS) is 1. The molecule has 80 valence electrons. The highest BCUT2D eigenvalue weighted by molar-refractivity contribution is 5.61. The molecule has 0 rings (SSSR count). The summed E-state index contributed by atoms with van der Waals surface area (Å²) in [4.78, 5) is 8.78. The van der Waals surface area contributed by atoms with Crippen LogP contribution in [-0.2, 0) is 4.74 Å². The first-order chi connectivity index (χ1) is 6.04. The van der Waals surface area contributed by atoms with Crippen molar-refractivity contribution in [3.8, 4) is 0 Å². The summed E-state index contributed by atoms with van der Waals surface area (Å²) in [6.45, 7) is 2.25. The van der Waals surface area contributed by atoms with E-state index in [1.165, 1.54) is 0 Å². The summed E-state index contributed by atoms with van der Waals surface area (Å²) in [5.74, 6) is 0. The van der Waals surface area contributed by atoms with E-state index in [0.717, 1.165) is 12.8 Å². The van der Waals surface area contributed by atoms with Crippen LogP contribution in [0.1, 0.15) is 19.8 Å². The molecule has 0 saturated carbocycles. The Morgan fingerprint density at radius 2 is 2.08 bits per heavy atom. The number of carbonyl (C=O) groups is 1. The highest BCUT2D eigenvalue weighted by Crippen LogP contribution is 1.90. The van der Waals surface area contributed by atoms with Crippen LogP contribution in [0.3, 0.4) is 0 Å². The standard InChI is InChI=1S/C6H14O3.CH3NO2/c1-2-3-4-9-6(8)5-7;2-1(3)4/h6-8H,2-5H2,1H3;2H2,(H,3,4). The van der Waals surface area contributed by atoms with E-state index >= 15 is 0 Å². The number of rotatable bonds is 5. The first-order valence-corrected chi connectivity index (χ1v) is 3.93. The lowest BCUT2D eigenvalue weighted by Gasteiger charge is -2.06. The van der Waals surface area contributed by atoms with Crippen molar-refractivity contribution in [1.82, 2.24) is 0 Å². The molecule has 0 aliphatic heterocycles. The lowest BCUT2D eigenvalue weighted by atomic mass is 10.4. The van der Waals surface area contributed by atoms with Gasteiger partial charge in [0.1, 0.15) is 0 Å². The molecule has 6 heteroatoms. The number of primary amides is 1. The van der Waals surface area contributed by atoms with E-state index in [1.807, 2.05) is 6.92 Å². The number of unbranched alkanes of at least 4 members (excludes halogenated alkanes) is 1. The SMILES string of the molecule is CCCCOC(O)CO.NC(=O)O. The molecule has 1 atom stereocenters. The Labute approximate surface area is 76.9 Å². The van der Waals surface area contributed by atoms with E-state index in [0.29, 0.717) is 6.61 Å². The molecule has 0 spiro atoms. The fraction of sp³-hybridized carbons (Fsp3) is 0.857. The summed E-state index contributed by atoms with van der Waals surface area (Å²) >= 11 is 0. The second-order valence-electron chi connectivity index (χ2n) is 2.20. The fourth-order valence-electron chi connectivity index (χ4n) is 0.416. The van der Waals surface area contributed by atoms with Crippen molar-refractivity contribution >= 4 is 6.09 Å². The predicted molar refractivity (Wildman–Crippen MR) is 46.2 cm³/mol. The smallest absolute Gasteiger partial charge is 0.402 e. The van der Waals surface area contributed by atoms with Crippen LogP contribution in [0.5, 0.6) is 0 Å². The van der Waals surface area contributed by atoms with Gasteiger partial charge in [-0.05, 0) is 6.42 Å². The molecule has 0 radical (unpaired) electrons. The van der Waals surface area contributed by atoms with Gasteiger partial charge in [-0.3, -0.25) is 0 Å². The van der Waals surface area contributed by atoms with Gasteiger partial charge in [0.25, 0.3) is 0 Å². The van der Waals surface area contributed by atoms with E-state index < -0.39 is 12.4 Å². The van der Waals surface area contributed by atoms with Crippen LogP contribution in [0.25, 0.3) is 0 Å². The zero-order valence-electron chi connectivity index (χ0n) is 7.64. The molecule has 0 fully saturated rings. The Kier molecular flexibility index (Phi) is 12.6. The molecule has 1 unspecified atom stereocenters. The van der Waals surface area contributed by atoms with Gasteiger partial charge >= 0.3 is 6.09 Å². The molecule has 5 N–H and O–H groups in total. The number of amides is 1. The van der Waals surface area contributed by atoms with E-state index in [9.17, 15) is 0 Å². The van der Waals surface area contributed by atoms with Gasteiger partial charge in [0.2, 0.25) is 0 Å². The Morgan fingerprint density at radius 1 is 1.62 bits per heavy atom. The Morgan fingerprint density at radius 3 is 2.38 bits per heavy atom. The maximum atomic E-state index is 8.78. The third-order valence-corrected chi connectivity index (χ3v) is 0.964. The van der Waals surface area contributed by atoms with E-state index in [2.05, 4.69) is 5.73 Å². The second-order valence-corrected chi connectivity index (χ2v) is 2.20. The van der Waals surface area contributed by atoms with Gasteiger partial charge in [-0.25, -0.2) is 4.79 Å². The van der Waals surface area contributed by atoms with Crippen LogP contribution < -0.4 is 5.73 Å². The van der Waals surface area contributed by atoms with Gasteiger partial charge in [0.05, 0.1) is 6.61 Å². The predicted octanol–water partition coefficient (Wildman–Crippen LogP) is -0.263. The largest absolute Gasteiger partial charge is 0.465 e. The number of hydrogen-bond acceptors (Lipinski definition) is 4. The average molecular weight is 195 g/mol. The van der Waals surface area contributed by atoms with Crippen molar-refractivity contribution in [1.29, 1.82) is 0 Å². The minimum absolute atomic E-state index is 0.316. The molecule has 0 saturated heterocycles. The molecule has 0 aromatic rings. The highest BCUT2D eigenvalue weighted by Gasteiger charge is 1.98. The van der Waals surface area contributed by atoms with E-state index in [4.69, 9.17) is 24.9 Å². The molecule has 13 heavy (non-hydrogen) atoms. The van der Waals surface area contributed by atoms with Gasteiger partial charge in [0, 0.05) is 6.61 Å². The molecule has 0 aliphatic rings. The Bertz CT molecular complexity index is 115. The minimum Gasteiger partial charge on any atom is -0.465 e. The fourth-order valence-corrected chi connectivity index (χ4v) is 0.416. The zero-order valence-corrected chi connectivity index (χ0v) is 7.64. The van der Waals surface area contributed by atoms with Crippen LogP contribution in [0.4, 0.5) is 4.79 Å². The first kappa shape index (κ1) is 14.7. The van der Waals surface area contributed by atoms with Crippen LogP contribution in [0.2, 0.25) is 0 Å². The lowest BCUT2D eigenvalue weighted by Crippen LogP contribution is -2.16. The number of aliphatic hydroxyl groups is 2. The van der Waals surface area contributed by atoms with Gasteiger partial charge in [0.15, 0.2) is 6.29 Å². The summed E-state index contributed by atoms with van der Waals surface area (Å²) in [7, 11) is 0. The quantitative estimate of drug-likeness (QED) is 0.356. The van der Waals surface area contributed by atoms with Gasteiger partial charge in [-0.1, -0.05) is 13.3 Å². The lowest BCUT2D eigenvalue weighted by molar-refractivity contribution is -0.124. The summed E-state index contributed by atoms with van der Waals surface area (Å²) < 4.78 is 4.74. The third kappa shape index (κ3) is 24.7. The molecule has 0 aliphatic carbocycles. The highest BCUT2D eigenvalue weighted by atomic mass is 16.6. The molecular formula is C7H17NO5. The molecule has 6 nitrogen and oxygen atoms in total.